The van der Waals surface area contributed by atoms with Crippen molar-refractivity contribution in [3.8, 4) is 17.2 Å². The fraction of sp³-hybridized carbons (Fsp3) is 0.208. The number of methoxy groups -OCH3 is 1. The number of fused-ring (bicyclic) bond motifs is 1. The van der Waals surface area contributed by atoms with Crippen LogP contribution in [0.2, 0.25) is 0 Å². The minimum absolute atomic E-state index is 0.148. The molecule has 0 amide bonds. The van der Waals surface area contributed by atoms with Gasteiger partial charge in [0.1, 0.15) is 12.4 Å². The molecule has 0 saturated carbocycles. The lowest BCUT2D eigenvalue weighted by Gasteiger charge is -2.19. The van der Waals surface area contributed by atoms with Crippen LogP contribution in [0, 0.1) is 0 Å². The zero-order valence-electron chi connectivity index (χ0n) is 15.9. The number of hydrogen-bond donors (Lipinski definition) is 1. The molecule has 4 rings (SSSR count). The van der Waals surface area contributed by atoms with E-state index in [-0.39, 0.29) is 5.75 Å². The molecule has 142 valence electrons. The van der Waals surface area contributed by atoms with E-state index in [1.165, 1.54) is 0 Å². The van der Waals surface area contributed by atoms with Crippen molar-refractivity contribution >= 4 is 5.71 Å². The highest BCUT2D eigenvalue weighted by Gasteiger charge is 2.18. The number of aromatic hydroxyl groups is 1. The summed E-state index contributed by atoms with van der Waals surface area (Å²) in [5.74, 6) is 1.50. The zero-order chi connectivity index (χ0) is 19.3. The lowest BCUT2D eigenvalue weighted by molar-refractivity contribution is 0.288. The summed E-state index contributed by atoms with van der Waals surface area (Å²) >= 11 is 0. The van der Waals surface area contributed by atoms with E-state index in [1.54, 1.807) is 13.2 Å². The van der Waals surface area contributed by atoms with Crippen LogP contribution in [-0.2, 0) is 19.4 Å². The SMILES string of the molecule is COc1cccc(CC2=NCCc3cc(OCc4ccccc4)c(O)cc32)c1. The minimum atomic E-state index is 0.148. The smallest absolute Gasteiger partial charge is 0.161 e. The average Bonchev–Trinajstić information content (AvgIpc) is 2.74. The Bertz CT molecular complexity index is 996. The van der Waals surface area contributed by atoms with E-state index in [0.717, 1.165) is 46.7 Å². The van der Waals surface area contributed by atoms with Crippen molar-refractivity contribution in [2.75, 3.05) is 13.7 Å². The predicted octanol–water partition coefficient (Wildman–Crippen LogP) is 4.57. The Morgan fingerprint density at radius 3 is 2.61 bits per heavy atom. The predicted molar refractivity (Wildman–Crippen MR) is 111 cm³/mol. The summed E-state index contributed by atoms with van der Waals surface area (Å²) in [5.41, 5.74) is 5.35. The van der Waals surface area contributed by atoms with E-state index in [0.29, 0.717) is 18.8 Å². The Kier molecular flexibility index (Phi) is 5.29. The number of phenols is 1. The summed E-state index contributed by atoms with van der Waals surface area (Å²) in [6.45, 7) is 1.17. The molecule has 0 aromatic heterocycles. The van der Waals surface area contributed by atoms with Crippen molar-refractivity contribution in [1.29, 1.82) is 0 Å². The van der Waals surface area contributed by atoms with Crippen LogP contribution < -0.4 is 9.47 Å². The van der Waals surface area contributed by atoms with Gasteiger partial charge in [0.05, 0.1) is 7.11 Å². The van der Waals surface area contributed by atoms with Gasteiger partial charge in [0.15, 0.2) is 11.5 Å². The van der Waals surface area contributed by atoms with Crippen molar-refractivity contribution in [3.63, 3.8) is 0 Å². The Labute approximate surface area is 165 Å². The molecule has 28 heavy (non-hydrogen) atoms. The minimum Gasteiger partial charge on any atom is -0.504 e. The van der Waals surface area contributed by atoms with E-state index < -0.39 is 0 Å². The maximum atomic E-state index is 10.5. The summed E-state index contributed by atoms with van der Waals surface area (Å²) in [7, 11) is 1.67. The molecule has 4 nitrogen and oxygen atoms in total. The van der Waals surface area contributed by atoms with E-state index in [9.17, 15) is 5.11 Å². The van der Waals surface area contributed by atoms with Crippen LogP contribution in [-0.4, -0.2) is 24.5 Å². The largest absolute Gasteiger partial charge is 0.504 e. The number of hydrogen-bond acceptors (Lipinski definition) is 4. The van der Waals surface area contributed by atoms with Crippen molar-refractivity contribution in [2.45, 2.75) is 19.4 Å². The molecule has 0 unspecified atom stereocenters. The molecule has 3 aromatic carbocycles. The molecule has 0 bridgehead atoms. The maximum Gasteiger partial charge on any atom is 0.161 e. The van der Waals surface area contributed by atoms with Gasteiger partial charge in [0, 0.05) is 24.2 Å². The summed E-state index contributed by atoms with van der Waals surface area (Å²) < 4.78 is 11.2. The number of rotatable bonds is 6. The standard InChI is InChI=1S/C24H23NO3/c1-27-20-9-5-8-18(12-20)13-22-21-15-23(26)24(14-19(21)10-11-25-22)28-16-17-6-3-2-4-7-17/h2-9,12,14-15,26H,10-11,13,16H2,1H3. The second-order valence-corrected chi connectivity index (χ2v) is 6.86. The highest BCUT2D eigenvalue weighted by molar-refractivity contribution is 6.04. The van der Waals surface area contributed by atoms with Crippen molar-refractivity contribution in [3.05, 3.63) is 89.0 Å². The molecule has 0 fully saturated rings. The van der Waals surface area contributed by atoms with Crippen LogP contribution >= 0.6 is 0 Å². The van der Waals surface area contributed by atoms with Gasteiger partial charge in [0.2, 0.25) is 0 Å². The highest BCUT2D eigenvalue weighted by Crippen LogP contribution is 2.33. The molecule has 0 radical (unpaired) electrons. The first-order valence-corrected chi connectivity index (χ1v) is 9.42. The molecule has 3 aromatic rings. The molecule has 0 saturated heterocycles. The molecule has 1 heterocycles. The first-order valence-electron chi connectivity index (χ1n) is 9.42. The summed E-state index contributed by atoms with van der Waals surface area (Å²) in [6.07, 6.45) is 1.55. The first-order chi connectivity index (χ1) is 13.7. The third-order valence-corrected chi connectivity index (χ3v) is 4.92. The third kappa shape index (κ3) is 4.01. The van der Waals surface area contributed by atoms with E-state index in [2.05, 4.69) is 6.07 Å². The van der Waals surface area contributed by atoms with Crippen LogP contribution in [0.4, 0.5) is 0 Å². The lowest BCUT2D eigenvalue weighted by Crippen LogP contribution is -2.15. The molecular weight excluding hydrogens is 350 g/mol. The fourth-order valence-corrected chi connectivity index (χ4v) is 3.46. The Balaban J connectivity index is 1.55. The summed E-state index contributed by atoms with van der Waals surface area (Å²) in [5, 5.41) is 10.5. The molecule has 1 aliphatic rings. The molecule has 0 aliphatic carbocycles. The van der Waals surface area contributed by atoms with Gasteiger partial charge in [-0.1, -0.05) is 42.5 Å². The normalized spacial score (nSPS) is 12.8. The molecule has 0 atom stereocenters. The Morgan fingerprint density at radius 2 is 1.79 bits per heavy atom. The Morgan fingerprint density at radius 1 is 0.964 bits per heavy atom. The topological polar surface area (TPSA) is 51.0 Å². The van der Waals surface area contributed by atoms with Crippen molar-refractivity contribution in [2.24, 2.45) is 4.99 Å². The highest BCUT2D eigenvalue weighted by atomic mass is 16.5. The zero-order valence-corrected chi connectivity index (χ0v) is 15.9. The third-order valence-electron chi connectivity index (χ3n) is 4.92. The van der Waals surface area contributed by atoms with E-state index in [1.807, 2.05) is 54.6 Å². The summed E-state index contributed by atoms with van der Waals surface area (Å²) in [6, 6.07) is 21.7. The molecule has 0 spiro atoms. The number of benzene rings is 3. The van der Waals surface area contributed by atoms with Gasteiger partial charge in [-0.2, -0.15) is 0 Å². The van der Waals surface area contributed by atoms with Crippen LogP contribution in [0.25, 0.3) is 0 Å². The second kappa shape index (κ2) is 8.17. The first kappa shape index (κ1) is 18.1. The number of phenolic OH excluding ortho intramolecular Hbond substituents is 1. The van der Waals surface area contributed by atoms with Gasteiger partial charge in [0.25, 0.3) is 0 Å². The Hall–Kier alpha value is -3.27. The lowest BCUT2D eigenvalue weighted by atomic mass is 9.93. The van der Waals surface area contributed by atoms with Gasteiger partial charge in [-0.05, 0) is 47.4 Å². The van der Waals surface area contributed by atoms with Crippen LogP contribution in [0.1, 0.15) is 22.3 Å². The average molecular weight is 373 g/mol. The number of ether oxygens (including phenoxy) is 2. The monoisotopic (exact) mass is 373 g/mol. The molecular formula is C24H23NO3. The van der Waals surface area contributed by atoms with Crippen molar-refractivity contribution in [1.82, 2.24) is 0 Å². The number of aliphatic imine (C=N–C) groups is 1. The van der Waals surface area contributed by atoms with Crippen LogP contribution in [0.5, 0.6) is 17.2 Å². The summed E-state index contributed by atoms with van der Waals surface area (Å²) in [4.78, 5) is 4.71. The molecule has 1 N–H and O–H groups in total. The maximum absolute atomic E-state index is 10.5. The van der Waals surface area contributed by atoms with Gasteiger partial charge in [-0.15, -0.1) is 0 Å². The van der Waals surface area contributed by atoms with Gasteiger partial charge in [-0.3, -0.25) is 4.99 Å². The second-order valence-electron chi connectivity index (χ2n) is 6.86. The van der Waals surface area contributed by atoms with Crippen LogP contribution in [0.3, 0.4) is 0 Å². The van der Waals surface area contributed by atoms with Crippen molar-refractivity contribution < 1.29 is 14.6 Å². The van der Waals surface area contributed by atoms with Gasteiger partial charge in [-0.25, -0.2) is 0 Å². The van der Waals surface area contributed by atoms with E-state index >= 15 is 0 Å². The number of nitrogens with zero attached hydrogens (tertiary/aromatic N) is 1. The fourth-order valence-electron chi connectivity index (χ4n) is 3.46. The van der Waals surface area contributed by atoms with Crippen LogP contribution in [0.15, 0.2) is 71.7 Å². The molecule has 1 aliphatic heterocycles. The van der Waals surface area contributed by atoms with Gasteiger partial charge < -0.3 is 14.6 Å². The van der Waals surface area contributed by atoms with Gasteiger partial charge >= 0.3 is 0 Å². The quantitative estimate of drug-likeness (QED) is 0.689. The van der Waals surface area contributed by atoms with E-state index in [4.69, 9.17) is 14.5 Å². The molecule has 4 heteroatoms.